The summed E-state index contributed by atoms with van der Waals surface area (Å²) < 4.78 is 121. The number of alkyl halides is 9. The molecule has 3 heterocycles. The van der Waals surface area contributed by atoms with Crippen LogP contribution in [0.5, 0.6) is 0 Å². The number of nitrogens with one attached hydrogen (secondary N) is 3. The molecule has 0 radical (unpaired) electrons. The normalized spacial score (nSPS) is 16.9. The van der Waals surface area contributed by atoms with Crippen LogP contribution in [0.4, 0.5) is 39.5 Å². The van der Waals surface area contributed by atoms with Crippen LogP contribution in [0.15, 0.2) is 182 Å². The van der Waals surface area contributed by atoms with Gasteiger partial charge in [-0.05, 0) is 134 Å². The summed E-state index contributed by atoms with van der Waals surface area (Å²) in [5, 5.41) is 10.5. The van der Waals surface area contributed by atoms with Crippen molar-refractivity contribution in [3.8, 4) is 0 Å². The van der Waals surface area contributed by atoms with Crippen molar-refractivity contribution in [1.29, 1.82) is 0 Å². The molecule has 0 spiro atoms. The van der Waals surface area contributed by atoms with Gasteiger partial charge in [-0.25, -0.2) is 15.0 Å². The molecular weight excluding hydrogens is 1250 g/mol. The maximum absolute atomic E-state index is 13.5. The molecule has 3 atom stereocenters. The molecule has 0 saturated heterocycles. The van der Waals surface area contributed by atoms with Gasteiger partial charge >= 0.3 is 18.5 Å². The summed E-state index contributed by atoms with van der Waals surface area (Å²) in [6.45, 7) is 0. The number of hydrogen-bond donors (Lipinski definition) is 3. The Kier molecular flexibility index (Phi) is 21.1. The van der Waals surface area contributed by atoms with Crippen LogP contribution in [0.1, 0.15) is 160 Å². The molecule has 12 rings (SSSR count). The number of rotatable bonds is 15. The standard InChI is InChI=1S/3C25H26F3N3O/c3*1-31(2)24(14-8-9-15-24)22(17-10-4-3-5-11-17)30-23(32)19-16-21(25(26,27)28)29-20-13-7-6-12-18(19)20/h3*3-7,10-13,16,22H,8-9,14-15H2,1-2H3,(H,30,32). The second kappa shape index (κ2) is 28.9. The first kappa shape index (κ1) is 70.0. The van der Waals surface area contributed by atoms with Gasteiger partial charge in [0.05, 0.1) is 51.4 Å². The molecule has 3 aliphatic carbocycles. The average molecular weight is 1320 g/mol. The van der Waals surface area contributed by atoms with Crippen molar-refractivity contribution in [2.75, 3.05) is 42.3 Å². The third-order valence-electron chi connectivity index (χ3n) is 19.7. The lowest BCUT2D eigenvalue weighted by Crippen LogP contribution is -2.53. The zero-order valence-corrected chi connectivity index (χ0v) is 54.3. The number of halogens is 9. The van der Waals surface area contributed by atoms with Crippen molar-refractivity contribution in [2.45, 2.75) is 130 Å². The van der Waals surface area contributed by atoms with Crippen LogP contribution in [0.25, 0.3) is 32.7 Å². The molecule has 3 aromatic heterocycles. The SMILES string of the molecule is CN(C)C1(C(NC(=O)c2cc(C(F)(F)F)nc3ccccc23)c2ccccc2)CCCC1.CN(C)C1(C(NC(=O)c2cc(C(F)(F)F)nc3ccccc23)c2ccccc2)CCCC1.CN(C)C1(C(NC(=O)c2cc(C(F)(F)F)nc3ccccc23)c2ccccc2)CCCC1. The van der Waals surface area contributed by atoms with Crippen LogP contribution in [0.3, 0.4) is 0 Å². The van der Waals surface area contributed by atoms with Gasteiger partial charge in [-0.15, -0.1) is 0 Å². The Bertz CT molecular complexity index is 3740. The number of fused-ring (bicyclic) bond motifs is 3. The predicted octanol–water partition coefficient (Wildman–Crippen LogP) is 16.8. The fourth-order valence-corrected chi connectivity index (χ4v) is 14.6. The van der Waals surface area contributed by atoms with E-state index in [1.165, 1.54) is 18.2 Å². The minimum Gasteiger partial charge on any atom is -0.343 e. The molecule has 0 bridgehead atoms. The van der Waals surface area contributed by atoms with Crippen LogP contribution in [0.2, 0.25) is 0 Å². The van der Waals surface area contributed by atoms with Crippen LogP contribution < -0.4 is 16.0 Å². The molecule has 504 valence electrons. The van der Waals surface area contributed by atoms with E-state index in [0.29, 0.717) is 16.2 Å². The van der Waals surface area contributed by atoms with Crippen molar-refractivity contribution >= 4 is 50.4 Å². The molecule has 3 saturated carbocycles. The Balaban J connectivity index is 0.000000157. The molecule has 3 aliphatic rings. The average Bonchev–Trinajstić information content (AvgIpc) is 1.58. The number of nitrogens with zero attached hydrogens (tertiary/aromatic N) is 6. The minimum atomic E-state index is -4.64. The van der Waals surface area contributed by atoms with Crippen molar-refractivity contribution in [3.63, 3.8) is 0 Å². The Morgan fingerprint density at radius 3 is 0.760 bits per heavy atom. The van der Waals surface area contributed by atoms with E-state index in [9.17, 15) is 53.9 Å². The smallest absolute Gasteiger partial charge is 0.343 e. The summed E-state index contributed by atoms with van der Waals surface area (Å²) in [6, 6.07) is 49.7. The minimum absolute atomic E-state index is 0.0178. The van der Waals surface area contributed by atoms with Gasteiger partial charge in [-0.1, -0.05) is 184 Å². The van der Waals surface area contributed by atoms with E-state index in [1.807, 2.05) is 133 Å². The van der Waals surface area contributed by atoms with Gasteiger partial charge in [0.1, 0.15) is 17.1 Å². The monoisotopic (exact) mass is 1320 g/mol. The predicted molar refractivity (Wildman–Crippen MR) is 355 cm³/mol. The first-order valence-electron chi connectivity index (χ1n) is 32.2. The summed E-state index contributed by atoms with van der Waals surface area (Å²) in [5.74, 6) is -1.59. The van der Waals surface area contributed by atoms with E-state index >= 15 is 0 Å². The molecule has 3 fully saturated rings. The number of aromatic nitrogens is 3. The Morgan fingerprint density at radius 1 is 0.344 bits per heavy atom. The van der Waals surface area contributed by atoms with Gasteiger partial charge in [0.25, 0.3) is 17.7 Å². The van der Waals surface area contributed by atoms with Crippen molar-refractivity contribution in [1.82, 2.24) is 45.6 Å². The first-order chi connectivity index (χ1) is 45.7. The van der Waals surface area contributed by atoms with Crippen LogP contribution in [-0.4, -0.2) is 106 Å². The van der Waals surface area contributed by atoms with Crippen LogP contribution in [0, 0.1) is 0 Å². The number of benzene rings is 6. The number of pyridine rings is 3. The van der Waals surface area contributed by atoms with Crippen LogP contribution in [-0.2, 0) is 18.5 Å². The maximum Gasteiger partial charge on any atom is 0.433 e. The molecule has 3 N–H and O–H groups in total. The van der Waals surface area contributed by atoms with Gasteiger partial charge in [0, 0.05) is 32.8 Å². The Morgan fingerprint density at radius 2 is 0.552 bits per heavy atom. The highest BCUT2D eigenvalue weighted by Crippen LogP contribution is 2.47. The number of hydrogen-bond acceptors (Lipinski definition) is 9. The van der Waals surface area contributed by atoms with Crippen molar-refractivity contribution < 1.29 is 53.9 Å². The van der Waals surface area contributed by atoms with Crippen molar-refractivity contribution in [2.24, 2.45) is 0 Å². The van der Waals surface area contributed by atoms with E-state index < -0.39 is 53.3 Å². The second-order valence-corrected chi connectivity index (χ2v) is 25.8. The van der Waals surface area contributed by atoms with Gasteiger partial charge in [0.2, 0.25) is 0 Å². The molecule has 96 heavy (non-hydrogen) atoms. The highest BCUT2D eigenvalue weighted by molar-refractivity contribution is 6.08. The summed E-state index contributed by atoms with van der Waals surface area (Å²) in [4.78, 5) is 58.2. The third kappa shape index (κ3) is 14.9. The van der Waals surface area contributed by atoms with Crippen LogP contribution >= 0.6 is 0 Å². The zero-order chi connectivity index (χ0) is 68.8. The summed E-state index contributed by atoms with van der Waals surface area (Å²) in [5.41, 5.74) is -0.954. The molecule has 12 nitrogen and oxygen atoms in total. The van der Waals surface area contributed by atoms with Gasteiger partial charge < -0.3 is 30.7 Å². The lowest BCUT2D eigenvalue weighted by atomic mass is 9.82. The number of para-hydroxylation sites is 3. The number of likely N-dealkylation sites (N-methyl/N-ethyl adjacent to an activating group) is 3. The topological polar surface area (TPSA) is 136 Å². The molecule has 3 unspecified atom stereocenters. The highest BCUT2D eigenvalue weighted by Gasteiger charge is 2.48. The number of carbonyl (C=O) groups excluding carboxylic acids is 3. The molecule has 6 aromatic carbocycles. The maximum atomic E-state index is 13.5. The summed E-state index contributed by atoms with van der Waals surface area (Å²) in [6.07, 6.45) is -2.36. The van der Waals surface area contributed by atoms with Gasteiger partial charge in [-0.2, -0.15) is 39.5 Å². The summed E-state index contributed by atoms with van der Waals surface area (Å²) in [7, 11) is 12.0. The number of carbonyl (C=O) groups is 3. The van der Waals surface area contributed by atoms with E-state index in [2.05, 4.69) is 45.6 Å². The quantitative estimate of drug-likeness (QED) is 0.0857. The molecule has 21 heteroatoms. The molecular formula is C75H78F9N9O3. The van der Waals surface area contributed by atoms with E-state index in [-0.39, 0.29) is 68.0 Å². The number of amides is 3. The molecule has 3 amide bonds. The first-order valence-corrected chi connectivity index (χ1v) is 32.2. The van der Waals surface area contributed by atoms with Gasteiger partial charge in [-0.3, -0.25) is 14.4 Å². The van der Waals surface area contributed by atoms with E-state index in [1.54, 1.807) is 54.6 Å². The fourth-order valence-electron chi connectivity index (χ4n) is 14.6. The van der Waals surface area contributed by atoms with E-state index in [4.69, 9.17) is 0 Å². The Hall–Kier alpha value is -8.79. The third-order valence-corrected chi connectivity index (χ3v) is 19.7. The zero-order valence-electron chi connectivity index (χ0n) is 54.3. The largest absolute Gasteiger partial charge is 0.433 e. The molecule has 9 aromatic rings. The fraction of sp³-hybridized carbons (Fsp3) is 0.360. The summed E-state index contributed by atoms with van der Waals surface area (Å²) >= 11 is 0. The lowest BCUT2D eigenvalue weighted by molar-refractivity contribution is -0.141. The highest BCUT2D eigenvalue weighted by atomic mass is 19.4. The van der Waals surface area contributed by atoms with Gasteiger partial charge in [0.15, 0.2) is 0 Å². The van der Waals surface area contributed by atoms with Crippen molar-refractivity contribution in [3.05, 3.63) is 232 Å². The second-order valence-electron chi connectivity index (χ2n) is 25.8. The Labute approximate surface area is 552 Å². The lowest BCUT2D eigenvalue weighted by Gasteiger charge is -2.44. The van der Waals surface area contributed by atoms with E-state index in [0.717, 1.165) is 112 Å². The molecule has 0 aliphatic heterocycles.